The first-order chi connectivity index (χ1) is 16.3. The summed E-state index contributed by atoms with van der Waals surface area (Å²) in [7, 11) is -1.91. The predicted octanol–water partition coefficient (Wildman–Crippen LogP) is 4.36. The van der Waals surface area contributed by atoms with Crippen LogP contribution in [0.1, 0.15) is 0 Å². The summed E-state index contributed by atoms with van der Waals surface area (Å²) in [5.41, 5.74) is 0. The fourth-order valence-electron chi connectivity index (χ4n) is 2.83. The molecule has 0 aliphatic rings. The average molecular weight is 471 g/mol. The van der Waals surface area contributed by atoms with Crippen LogP contribution in [0.2, 0.25) is 0 Å². The third-order valence-electron chi connectivity index (χ3n) is 4.37. The van der Waals surface area contributed by atoms with Gasteiger partial charge in [-0.25, -0.2) is 0 Å². The molecule has 0 unspecified atom stereocenters. The first kappa shape index (κ1) is 24.8. The van der Waals surface area contributed by atoms with Gasteiger partial charge in [-0.2, -0.15) is 0 Å². The maximum absolute atomic E-state index is 5.94. The molecule has 0 saturated heterocycles. The minimum atomic E-state index is -3.42. The Balaban J connectivity index is 1.47. The summed E-state index contributed by atoms with van der Waals surface area (Å²) in [5.74, 6) is 2.29. The summed E-state index contributed by atoms with van der Waals surface area (Å²) in [4.78, 5) is 0. The van der Waals surface area contributed by atoms with Gasteiger partial charge in [0.15, 0.2) is 0 Å². The number of para-hydroxylation sites is 3. The molecule has 8 heteroatoms. The lowest BCUT2D eigenvalue weighted by atomic mass is 10.3. The molecule has 176 valence electrons. The molecule has 0 aliphatic heterocycles. The number of hydrogen-bond acceptors (Lipinski definition) is 7. The largest absolute Gasteiger partial charge is 0.679 e. The van der Waals surface area contributed by atoms with E-state index in [4.69, 9.17) is 31.9 Å². The Hall–Kier alpha value is -2.88. The fraction of sp³-hybridized carbons (Fsp3) is 0.280. The van der Waals surface area contributed by atoms with E-state index < -0.39 is 9.05 Å². The Morgan fingerprint density at radius 3 is 1.03 bits per heavy atom. The first-order valence-electron chi connectivity index (χ1n) is 10.8. The van der Waals surface area contributed by atoms with E-state index in [-0.39, 0.29) is 19.8 Å². The van der Waals surface area contributed by atoms with Crippen LogP contribution >= 0.6 is 0 Å². The second-order valence-corrected chi connectivity index (χ2v) is 9.01. The van der Waals surface area contributed by atoms with E-state index >= 15 is 0 Å². The van der Waals surface area contributed by atoms with E-state index in [0.29, 0.717) is 19.8 Å². The second-order valence-electron chi connectivity index (χ2n) is 6.73. The van der Waals surface area contributed by atoms with Gasteiger partial charge in [-0.15, -0.1) is 0 Å². The summed E-state index contributed by atoms with van der Waals surface area (Å²) in [6.45, 7) is 1.72. The van der Waals surface area contributed by atoms with Crippen LogP contribution in [-0.2, 0) is 17.7 Å². The van der Waals surface area contributed by atoms with Crippen molar-refractivity contribution in [2.24, 2.45) is 0 Å². The van der Waals surface area contributed by atoms with Crippen LogP contribution in [0.15, 0.2) is 91.0 Å². The molecule has 3 aromatic carbocycles. The van der Waals surface area contributed by atoms with Crippen LogP contribution in [0.3, 0.4) is 0 Å². The van der Waals surface area contributed by atoms with Crippen LogP contribution in [0.5, 0.6) is 17.2 Å². The topological polar surface area (TPSA) is 64.6 Å². The van der Waals surface area contributed by atoms with E-state index in [9.17, 15) is 0 Å². The van der Waals surface area contributed by atoms with Crippen molar-refractivity contribution in [2.45, 2.75) is 0 Å². The maximum atomic E-state index is 5.94. The highest BCUT2D eigenvalue weighted by atomic mass is 28.4. The lowest BCUT2D eigenvalue weighted by Gasteiger charge is -2.26. The van der Waals surface area contributed by atoms with Gasteiger partial charge in [0.1, 0.15) is 37.1 Å². The summed E-state index contributed by atoms with van der Waals surface area (Å²) < 4.78 is 40.5. The molecule has 0 radical (unpaired) electrons. The third kappa shape index (κ3) is 9.25. The van der Waals surface area contributed by atoms with Crippen molar-refractivity contribution in [1.29, 1.82) is 0 Å². The molecular formula is C25H30O7Si. The van der Waals surface area contributed by atoms with Gasteiger partial charge in [-0.1, -0.05) is 54.6 Å². The van der Waals surface area contributed by atoms with Gasteiger partial charge in [0, 0.05) is 7.11 Å². The number of ether oxygens (including phenoxy) is 3. The fourth-order valence-corrected chi connectivity index (χ4v) is 4.43. The first-order valence-corrected chi connectivity index (χ1v) is 12.4. The molecular weight excluding hydrogens is 440 g/mol. The molecule has 0 aromatic heterocycles. The zero-order valence-corrected chi connectivity index (χ0v) is 19.8. The Morgan fingerprint density at radius 2 is 0.758 bits per heavy atom. The van der Waals surface area contributed by atoms with Gasteiger partial charge in [0.05, 0.1) is 19.8 Å². The highest BCUT2D eigenvalue weighted by Gasteiger charge is 2.44. The van der Waals surface area contributed by atoms with Crippen LogP contribution in [0.4, 0.5) is 0 Å². The van der Waals surface area contributed by atoms with E-state index in [2.05, 4.69) is 0 Å². The van der Waals surface area contributed by atoms with E-state index in [0.717, 1.165) is 17.2 Å². The van der Waals surface area contributed by atoms with Crippen molar-refractivity contribution < 1.29 is 31.9 Å². The number of hydrogen-bond donors (Lipinski definition) is 0. The van der Waals surface area contributed by atoms with E-state index in [1.165, 1.54) is 7.11 Å². The zero-order chi connectivity index (χ0) is 23.0. The molecule has 0 N–H and O–H groups in total. The highest BCUT2D eigenvalue weighted by Crippen LogP contribution is 2.14. The van der Waals surface area contributed by atoms with Crippen molar-refractivity contribution in [3.8, 4) is 17.2 Å². The van der Waals surface area contributed by atoms with Crippen molar-refractivity contribution in [3.63, 3.8) is 0 Å². The van der Waals surface area contributed by atoms with Crippen molar-refractivity contribution in [2.75, 3.05) is 46.8 Å². The molecule has 0 amide bonds. The molecule has 0 saturated carbocycles. The van der Waals surface area contributed by atoms with Gasteiger partial charge in [-0.05, 0) is 36.4 Å². The summed E-state index contributed by atoms with van der Waals surface area (Å²) in [6.07, 6.45) is 0. The van der Waals surface area contributed by atoms with Crippen molar-refractivity contribution >= 4 is 9.05 Å². The molecule has 0 bridgehead atoms. The maximum Gasteiger partial charge on any atom is 0.679 e. The summed E-state index contributed by atoms with van der Waals surface area (Å²) in [5, 5.41) is 0. The predicted molar refractivity (Wildman–Crippen MR) is 126 cm³/mol. The second kappa shape index (κ2) is 14.3. The minimum absolute atomic E-state index is 0.244. The zero-order valence-electron chi connectivity index (χ0n) is 18.8. The summed E-state index contributed by atoms with van der Waals surface area (Å²) >= 11 is 0. The van der Waals surface area contributed by atoms with Crippen LogP contribution in [0.25, 0.3) is 0 Å². The van der Waals surface area contributed by atoms with E-state index in [1.54, 1.807) is 0 Å². The Labute approximate surface area is 196 Å². The molecule has 3 rings (SSSR count). The Morgan fingerprint density at radius 1 is 0.455 bits per heavy atom. The quantitative estimate of drug-likeness (QED) is 0.228. The van der Waals surface area contributed by atoms with Crippen LogP contribution in [-0.4, -0.2) is 55.8 Å². The summed E-state index contributed by atoms with van der Waals surface area (Å²) in [6, 6.07) is 28.6. The van der Waals surface area contributed by atoms with Gasteiger partial charge in [0.2, 0.25) is 0 Å². The Kier molecular flexibility index (Phi) is 10.7. The minimum Gasteiger partial charge on any atom is -0.491 e. The standard InChI is InChI=1S/C25H30O7Si/c1-26-33(30-20-17-27-23-11-5-2-6-12-23,31-21-18-28-24-13-7-3-8-14-24)32-22-19-29-25-15-9-4-10-16-25/h2-16H,17-22H2,1H3. The lowest BCUT2D eigenvalue weighted by molar-refractivity contribution is -0.0360. The Bertz CT molecular complexity index is 765. The lowest BCUT2D eigenvalue weighted by Crippen LogP contribution is -2.50. The molecule has 0 atom stereocenters. The van der Waals surface area contributed by atoms with Crippen molar-refractivity contribution in [1.82, 2.24) is 0 Å². The van der Waals surface area contributed by atoms with Gasteiger partial charge < -0.3 is 31.9 Å². The van der Waals surface area contributed by atoms with Crippen LogP contribution in [0, 0.1) is 0 Å². The monoisotopic (exact) mass is 470 g/mol. The smallest absolute Gasteiger partial charge is 0.491 e. The van der Waals surface area contributed by atoms with Crippen LogP contribution < -0.4 is 14.2 Å². The normalized spacial score (nSPS) is 11.2. The number of rotatable bonds is 16. The van der Waals surface area contributed by atoms with E-state index in [1.807, 2.05) is 91.0 Å². The SMILES string of the molecule is CO[Si](OCCOc1ccccc1)(OCCOc1ccccc1)OCCOc1ccccc1. The molecule has 0 aliphatic carbocycles. The van der Waals surface area contributed by atoms with Gasteiger partial charge in [0.25, 0.3) is 0 Å². The molecule has 7 nitrogen and oxygen atoms in total. The average Bonchev–Trinajstić information content (AvgIpc) is 2.88. The molecule has 33 heavy (non-hydrogen) atoms. The van der Waals surface area contributed by atoms with Gasteiger partial charge in [-0.3, -0.25) is 0 Å². The molecule has 0 spiro atoms. The molecule has 3 aromatic rings. The van der Waals surface area contributed by atoms with Gasteiger partial charge >= 0.3 is 9.05 Å². The molecule has 0 heterocycles. The number of benzene rings is 3. The molecule has 0 fully saturated rings. The van der Waals surface area contributed by atoms with Crippen molar-refractivity contribution in [3.05, 3.63) is 91.0 Å². The highest BCUT2D eigenvalue weighted by molar-refractivity contribution is 6.53. The third-order valence-corrected chi connectivity index (χ3v) is 6.55.